The van der Waals surface area contributed by atoms with Crippen LogP contribution in [-0.2, 0) is 28.6 Å². The molecule has 0 aliphatic carbocycles. The number of esters is 3. The second-order valence-corrected chi connectivity index (χ2v) is 16.7. The zero-order valence-electron chi connectivity index (χ0n) is 38.6. The predicted octanol–water partition coefficient (Wildman–Crippen LogP) is 16.1. The van der Waals surface area contributed by atoms with Crippen molar-refractivity contribution in [2.24, 2.45) is 0 Å². The molecule has 0 N–H and O–H groups in total. The lowest BCUT2D eigenvalue weighted by molar-refractivity contribution is -0.167. The third kappa shape index (κ3) is 44.7. The molecule has 0 heterocycles. The van der Waals surface area contributed by atoms with Gasteiger partial charge in [0.1, 0.15) is 13.2 Å². The molecule has 0 amide bonds. The van der Waals surface area contributed by atoms with Crippen molar-refractivity contribution in [2.45, 2.75) is 264 Å². The maximum Gasteiger partial charge on any atom is 0.306 e. The molecule has 6 nitrogen and oxygen atoms in total. The largest absolute Gasteiger partial charge is 0.462 e. The summed E-state index contributed by atoms with van der Waals surface area (Å²) in [6.07, 6.45) is 54.1. The van der Waals surface area contributed by atoms with E-state index >= 15 is 0 Å². The Labute approximate surface area is 359 Å². The highest BCUT2D eigenvalue weighted by Crippen LogP contribution is 2.14. The van der Waals surface area contributed by atoms with Crippen LogP contribution in [0.3, 0.4) is 0 Å². The van der Waals surface area contributed by atoms with E-state index in [2.05, 4.69) is 57.2 Å². The van der Waals surface area contributed by atoms with E-state index in [0.29, 0.717) is 19.3 Å². The average Bonchev–Trinajstić information content (AvgIpc) is 3.22. The van der Waals surface area contributed by atoms with Gasteiger partial charge in [-0.3, -0.25) is 14.4 Å². The summed E-state index contributed by atoms with van der Waals surface area (Å²) in [5, 5.41) is 0. The quantitative estimate of drug-likeness (QED) is 0.0264. The minimum atomic E-state index is -0.778. The lowest BCUT2D eigenvalue weighted by Crippen LogP contribution is -2.30. The number of hydrogen-bond acceptors (Lipinski definition) is 6. The number of rotatable bonds is 45. The lowest BCUT2D eigenvalue weighted by atomic mass is 10.1. The van der Waals surface area contributed by atoms with Gasteiger partial charge < -0.3 is 14.2 Å². The van der Waals surface area contributed by atoms with Crippen LogP contribution in [0.4, 0.5) is 0 Å². The van der Waals surface area contributed by atoms with Gasteiger partial charge in [0.25, 0.3) is 0 Å². The summed E-state index contributed by atoms with van der Waals surface area (Å²) in [5.41, 5.74) is 0. The third-order valence-corrected chi connectivity index (χ3v) is 10.9. The summed E-state index contributed by atoms with van der Waals surface area (Å²) in [6, 6.07) is 0. The number of ether oxygens (including phenoxy) is 3. The first-order valence-corrected chi connectivity index (χ1v) is 25.0. The fraction of sp³-hybridized carbons (Fsp3) is 0.827. The van der Waals surface area contributed by atoms with E-state index in [1.807, 2.05) is 0 Å². The Bertz CT molecular complexity index is 984. The van der Waals surface area contributed by atoms with E-state index in [1.54, 1.807) is 0 Å². The van der Waals surface area contributed by atoms with Gasteiger partial charge in [0.2, 0.25) is 0 Å². The number of allylic oxidation sites excluding steroid dienone is 6. The molecule has 0 aliphatic heterocycles. The van der Waals surface area contributed by atoms with Crippen molar-refractivity contribution in [3.05, 3.63) is 36.5 Å². The van der Waals surface area contributed by atoms with Crippen molar-refractivity contribution < 1.29 is 28.6 Å². The minimum Gasteiger partial charge on any atom is -0.462 e. The molecule has 0 aromatic carbocycles. The lowest BCUT2D eigenvalue weighted by Gasteiger charge is -2.18. The van der Waals surface area contributed by atoms with Crippen molar-refractivity contribution in [1.29, 1.82) is 0 Å². The van der Waals surface area contributed by atoms with Crippen LogP contribution in [0.25, 0.3) is 0 Å². The summed E-state index contributed by atoms with van der Waals surface area (Å²) in [7, 11) is 0. The fourth-order valence-electron chi connectivity index (χ4n) is 7.05. The summed E-state index contributed by atoms with van der Waals surface area (Å²) < 4.78 is 16.7. The zero-order valence-corrected chi connectivity index (χ0v) is 38.6. The highest BCUT2D eigenvalue weighted by molar-refractivity contribution is 5.71. The van der Waals surface area contributed by atoms with Gasteiger partial charge in [-0.05, 0) is 77.0 Å². The Kier molecular flexibility index (Phi) is 45.4. The summed E-state index contributed by atoms with van der Waals surface area (Å²) in [5.74, 6) is -0.898. The zero-order chi connectivity index (χ0) is 42.3. The minimum absolute atomic E-state index is 0.0784. The fourth-order valence-corrected chi connectivity index (χ4v) is 7.05. The molecule has 0 bridgehead atoms. The number of unbranched alkanes of at least 4 members (excludes halogenated alkanes) is 28. The predicted molar refractivity (Wildman–Crippen MR) is 247 cm³/mol. The average molecular weight is 815 g/mol. The van der Waals surface area contributed by atoms with Crippen molar-refractivity contribution in [3.8, 4) is 0 Å². The SMILES string of the molecule is CCCCC/C=C\C/C=C\CCCCCCCCCC(=O)OCC(COC(=O)CCCCCCCCCCCC)OC(=O)CCCCC/C=C\CCCCCCCC. The molecular weight excluding hydrogens is 721 g/mol. The van der Waals surface area contributed by atoms with Gasteiger partial charge in [-0.2, -0.15) is 0 Å². The highest BCUT2D eigenvalue weighted by atomic mass is 16.6. The van der Waals surface area contributed by atoms with Crippen molar-refractivity contribution in [1.82, 2.24) is 0 Å². The number of carbonyl (C=O) groups is 3. The molecule has 58 heavy (non-hydrogen) atoms. The molecular formula is C52H94O6. The van der Waals surface area contributed by atoms with Gasteiger partial charge in [-0.25, -0.2) is 0 Å². The van der Waals surface area contributed by atoms with Gasteiger partial charge in [-0.15, -0.1) is 0 Å². The molecule has 1 atom stereocenters. The van der Waals surface area contributed by atoms with Crippen LogP contribution >= 0.6 is 0 Å². The van der Waals surface area contributed by atoms with E-state index in [9.17, 15) is 14.4 Å². The first-order chi connectivity index (χ1) is 28.5. The Morgan fingerprint density at radius 2 is 0.621 bits per heavy atom. The van der Waals surface area contributed by atoms with Gasteiger partial charge in [-0.1, -0.05) is 198 Å². The van der Waals surface area contributed by atoms with Gasteiger partial charge in [0.05, 0.1) is 0 Å². The maximum absolute atomic E-state index is 12.7. The van der Waals surface area contributed by atoms with E-state index in [1.165, 1.54) is 135 Å². The molecule has 0 aromatic rings. The first-order valence-electron chi connectivity index (χ1n) is 25.0. The second-order valence-electron chi connectivity index (χ2n) is 16.7. The molecule has 1 unspecified atom stereocenters. The third-order valence-electron chi connectivity index (χ3n) is 10.9. The van der Waals surface area contributed by atoms with Crippen LogP contribution in [-0.4, -0.2) is 37.2 Å². The molecule has 0 fully saturated rings. The van der Waals surface area contributed by atoms with E-state index in [0.717, 1.165) is 83.5 Å². The van der Waals surface area contributed by atoms with Crippen LogP contribution in [0.15, 0.2) is 36.5 Å². The van der Waals surface area contributed by atoms with Gasteiger partial charge in [0.15, 0.2) is 6.10 Å². The van der Waals surface area contributed by atoms with Gasteiger partial charge >= 0.3 is 17.9 Å². The molecule has 0 saturated carbocycles. The topological polar surface area (TPSA) is 78.9 Å². The van der Waals surface area contributed by atoms with Gasteiger partial charge in [0, 0.05) is 19.3 Å². The number of hydrogen-bond donors (Lipinski definition) is 0. The summed E-state index contributed by atoms with van der Waals surface area (Å²) >= 11 is 0. The molecule has 0 saturated heterocycles. The molecule has 6 heteroatoms. The molecule has 0 rings (SSSR count). The monoisotopic (exact) mass is 815 g/mol. The van der Waals surface area contributed by atoms with Crippen LogP contribution in [0, 0.1) is 0 Å². The normalized spacial score (nSPS) is 12.3. The molecule has 338 valence electrons. The standard InChI is InChI=1S/C52H94O6/c1-4-7-10-13-16-19-22-24-25-26-27-29-30-33-36-39-42-45-51(54)57-48-49(47-56-50(53)44-41-38-35-32-21-18-15-12-9-6-3)58-52(55)46-43-40-37-34-31-28-23-20-17-14-11-8-5-2/h16,19,24-25,28,31,49H,4-15,17-18,20-23,26-27,29-30,32-48H2,1-3H3/b19-16-,25-24-,31-28-. The smallest absolute Gasteiger partial charge is 0.306 e. The van der Waals surface area contributed by atoms with Crippen LogP contribution in [0.2, 0.25) is 0 Å². The van der Waals surface area contributed by atoms with E-state index < -0.39 is 6.10 Å². The summed E-state index contributed by atoms with van der Waals surface area (Å²) in [6.45, 7) is 6.58. The molecule has 0 aliphatic rings. The van der Waals surface area contributed by atoms with Crippen LogP contribution in [0.5, 0.6) is 0 Å². The second kappa shape index (κ2) is 47.3. The number of carbonyl (C=O) groups excluding carboxylic acids is 3. The summed E-state index contributed by atoms with van der Waals surface area (Å²) in [4.78, 5) is 37.8. The Balaban J connectivity index is 4.35. The maximum atomic E-state index is 12.7. The Morgan fingerprint density at radius 3 is 1.02 bits per heavy atom. The van der Waals surface area contributed by atoms with E-state index in [4.69, 9.17) is 14.2 Å². The molecule has 0 aromatic heterocycles. The van der Waals surface area contributed by atoms with Crippen molar-refractivity contribution >= 4 is 17.9 Å². The van der Waals surface area contributed by atoms with Crippen LogP contribution < -0.4 is 0 Å². The van der Waals surface area contributed by atoms with Crippen molar-refractivity contribution in [2.75, 3.05) is 13.2 Å². The first kappa shape index (κ1) is 55.6. The van der Waals surface area contributed by atoms with Crippen molar-refractivity contribution in [3.63, 3.8) is 0 Å². The van der Waals surface area contributed by atoms with Crippen LogP contribution in [0.1, 0.15) is 258 Å². The molecule has 0 spiro atoms. The Morgan fingerprint density at radius 1 is 0.345 bits per heavy atom. The van der Waals surface area contributed by atoms with E-state index in [-0.39, 0.29) is 31.1 Å². The Hall–Kier alpha value is -2.37. The molecule has 0 radical (unpaired) electrons. The highest BCUT2D eigenvalue weighted by Gasteiger charge is 2.19.